The van der Waals surface area contributed by atoms with Crippen LogP contribution in [0, 0.1) is 0 Å². The lowest BCUT2D eigenvalue weighted by molar-refractivity contribution is -0.0524. The van der Waals surface area contributed by atoms with Crippen molar-refractivity contribution >= 4 is 5.91 Å². The first kappa shape index (κ1) is 18.1. The predicted octanol–water partition coefficient (Wildman–Crippen LogP) is 0.771. The largest absolute Gasteiger partial charge is 0.384 e. The van der Waals surface area contributed by atoms with Crippen LogP contribution in [0.4, 0.5) is 0 Å². The SMILES string of the molecule is O=C(c1cc(-c2ccncc2)n[nH]1)N1CCOCC(O)(CN2CCCC2)C1. The maximum atomic E-state index is 13.0. The van der Waals surface area contributed by atoms with Crippen LogP contribution in [0.5, 0.6) is 0 Å². The number of pyridine rings is 1. The van der Waals surface area contributed by atoms with Gasteiger partial charge in [0.05, 0.1) is 25.5 Å². The van der Waals surface area contributed by atoms with Gasteiger partial charge in [0.25, 0.3) is 5.91 Å². The van der Waals surface area contributed by atoms with Gasteiger partial charge in [0.15, 0.2) is 0 Å². The Morgan fingerprint density at radius 3 is 2.81 bits per heavy atom. The number of likely N-dealkylation sites (tertiary alicyclic amines) is 1. The second kappa shape index (κ2) is 7.75. The van der Waals surface area contributed by atoms with Crippen LogP contribution in [-0.4, -0.2) is 87.5 Å². The monoisotopic (exact) mass is 371 g/mol. The Bertz CT molecular complexity index is 775. The van der Waals surface area contributed by atoms with Crippen molar-refractivity contribution < 1.29 is 14.6 Å². The molecule has 27 heavy (non-hydrogen) atoms. The van der Waals surface area contributed by atoms with E-state index in [4.69, 9.17) is 4.74 Å². The highest BCUT2D eigenvalue weighted by atomic mass is 16.5. The van der Waals surface area contributed by atoms with E-state index in [0.29, 0.717) is 31.1 Å². The average Bonchev–Trinajstić information content (AvgIpc) is 3.33. The molecule has 8 heteroatoms. The van der Waals surface area contributed by atoms with Crippen molar-refractivity contribution in [3.8, 4) is 11.3 Å². The topological polar surface area (TPSA) is 94.6 Å². The molecule has 8 nitrogen and oxygen atoms in total. The van der Waals surface area contributed by atoms with E-state index < -0.39 is 5.60 Å². The lowest BCUT2D eigenvalue weighted by Crippen LogP contribution is -2.53. The molecule has 4 heterocycles. The van der Waals surface area contributed by atoms with Crippen LogP contribution in [0.25, 0.3) is 11.3 Å². The minimum absolute atomic E-state index is 0.173. The Morgan fingerprint density at radius 2 is 2.04 bits per heavy atom. The molecule has 0 spiro atoms. The van der Waals surface area contributed by atoms with Crippen LogP contribution in [0.3, 0.4) is 0 Å². The minimum atomic E-state index is -1.05. The highest BCUT2D eigenvalue weighted by molar-refractivity contribution is 5.93. The van der Waals surface area contributed by atoms with E-state index >= 15 is 0 Å². The molecule has 0 aliphatic carbocycles. The van der Waals surface area contributed by atoms with E-state index in [1.807, 2.05) is 12.1 Å². The number of hydrogen-bond acceptors (Lipinski definition) is 6. The van der Waals surface area contributed by atoms with E-state index in [2.05, 4.69) is 20.1 Å². The number of aliphatic hydroxyl groups is 1. The van der Waals surface area contributed by atoms with Crippen LogP contribution in [0.15, 0.2) is 30.6 Å². The van der Waals surface area contributed by atoms with E-state index in [0.717, 1.165) is 31.5 Å². The lowest BCUT2D eigenvalue weighted by Gasteiger charge is -2.33. The maximum Gasteiger partial charge on any atom is 0.272 e. The first-order valence-corrected chi connectivity index (χ1v) is 9.41. The fourth-order valence-corrected chi connectivity index (χ4v) is 3.82. The van der Waals surface area contributed by atoms with E-state index in [1.54, 1.807) is 23.4 Å². The zero-order valence-electron chi connectivity index (χ0n) is 15.3. The molecule has 2 fully saturated rings. The van der Waals surface area contributed by atoms with Gasteiger partial charge in [-0.15, -0.1) is 0 Å². The van der Waals surface area contributed by atoms with Crippen LogP contribution < -0.4 is 0 Å². The maximum absolute atomic E-state index is 13.0. The molecule has 0 radical (unpaired) electrons. The number of amides is 1. The van der Waals surface area contributed by atoms with Gasteiger partial charge in [0, 0.05) is 31.0 Å². The van der Waals surface area contributed by atoms with Crippen molar-refractivity contribution in [1.29, 1.82) is 0 Å². The predicted molar refractivity (Wildman–Crippen MR) is 99.2 cm³/mol. The number of hydrogen-bond donors (Lipinski definition) is 2. The van der Waals surface area contributed by atoms with Gasteiger partial charge in [-0.3, -0.25) is 14.9 Å². The third kappa shape index (κ3) is 4.18. The summed E-state index contributed by atoms with van der Waals surface area (Å²) in [6, 6.07) is 5.43. The molecular formula is C19H25N5O3. The zero-order chi connectivity index (χ0) is 18.7. The van der Waals surface area contributed by atoms with E-state index in [-0.39, 0.29) is 19.1 Å². The molecule has 2 aromatic rings. The second-order valence-electron chi connectivity index (χ2n) is 7.39. The summed E-state index contributed by atoms with van der Waals surface area (Å²) in [7, 11) is 0. The molecule has 0 saturated carbocycles. The van der Waals surface area contributed by atoms with Crippen LogP contribution in [0.2, 0.25) is 0 Å². The number of rotatable bonds is 4. The Morgan fingerprint density at radius 1 is 1.26 bits per heavy atom. The fourth-order valence-electron chi connectivity index (χ4n) is 3.82. The quantitative estimate of drug-likeness (QED) is 0.825. The summed E-state index contributed by atoms with van der Waals surface area (Å²) >= 11 is 0. The van der Waals surface area contributed by atoms with Crippen LogP contribution in [-0.2, 0) is 4.74 Å². The first-order chi connectivity index (χ1) is 13.1. The third-order valence-corrected chi connectivity index (χ3v) is 5.15. The normalized spacial score (nSPS) is 24.1. The Balaban J connectivity index is 1.48. The summed E-state index contributed by atoms with van der Waals surface area (Å²) in [5.41, 5.74) is 0.946. The molecule has 1 atom stereocenters. The average molecular weight is 371 g/mol. The highest BCUT2D eigenvalue weighted by Crippen LogP contribution is 2.21. The number of aromatic amines is 1. The van der Waals surface area contributed by atoms with Gasteiger partial charge in [0.2, 0.25) is 0 Å². The van der Waals surface area contributed by atoms with Crippen molar-refractivity contribution in [1.82, 2.24) is 25.0 Å². The second-order valence-corrected chi connectivity index (χ2v) is 7.39. The summed E-state index contributed by atoms with van der Waals surface area (Å²) in [5, 5.41) is 18.1. The molecule has 2 aromatic heterocycles. The van der Waals surface area contributed by atoms with Crippen LogP contribution in [0.1, 0.15) is 23.3 Å². The molecule has 2 aliphatic heterocycles. The summed E-state index contributed by atoms with van der Waals surface area (Å²) in [6.07, 6.45) is 5.70. The molecule has 1 amide bonds. The van der Waals surface area contributed by atoms with Crippen molar-refractivity contribution in [2.45, 2.75) is 18.4 Å². The lowest BCUT2D eigenvalue weighted by atomic mass is 10.0. The summed E-state index contributed by atoms with van der Waals surface area (Å²) in [4.78, 5) is 20.9. The van der Waals surface area contributed by atoms with Gasteiger partial charge < -0.3 is 19.6 Å². The van der Waals surface area contributed by atoms with Gasteiger partial charge in [-0.1, -0.05) is 0 Å². The number of aromatic nitrogens is 3. The first-order valence-electron chi connectivity index (χ1n) is 9.41. The number of ether oxygens (including phenoxy) is 1. The van der Waals surface area contributed by atoms with Crippen LogP contribution >= 0.6 is 0 Å². The summed E-state index contributed by atoms with van der Waals surface area (Å²) in [6.45, 7) is 3.88. The third-order valence-electron chi connectivity index (χ3n) is 5.15. The molecule has 4 rings (SSSR count). The Labute approximate surface area is 158 Å². The van der Waals surface area contributed by atoms with Crippen molar-refractivity contribution in [2.75, 3.05) is 45.9 Å². The van der Waals surface area contributed by atoms with E-state index in [9.17, 15) is 9.90 Å². The Hall–Kier alpha value is -2.29. The number of β-amino-alcohol motifs (C(OH)–C–C–N with tert-alkyl or cyclic N) is 1. The smallest absolute Gasteiger partial charge is 0.272 e. The number of nitrogens with one attached hydrogen (secondary N) is 1. The minimum Gasteiger partial charge on any atom is -0.384 e. The summed E-state index contributed by atoms with van der Waals surface area (Å²) in [5.74, 6) is -0.173. The molecule has 2 N–H and O–H groups in total. The fraction of sp³-hybridized carbons (Fsp3) is 0.526. The summed E-state index contributed by atoms with van der Waals surface area (Å²) < 4.78 is 5.61. The number of carbonyl (C=O) groups is 1. The van der Waals surface area contributed by atoms with Gasteiger partial charge in [-0.2, -0.15) is 5.10 Å². The molecule has 0 aromatic carbocycles. The van der Waals surface area contributed by atoms with Gasteiger partial charge in [-0.05, 0) is 44.1 Å². The standard InChI is InChI=1S/C19H25N5O3/c25-18(17-11-16(21-22-17)15-3-5-20-6-4-15)24-9-10-27-14-19(26,13-24)12-23-7-1-2-8-23/h3-6,11,26H,1-2,7-10,12-14H2,(H,21,22). The van der Waals surface area contributed by atoms with Crippen molar-refractivity contribution in [3.05, 3.63) is 36.3 Å². The molecule has 2 aliphatic rings. The number of carbonyl (C=O) groups excluding carboxylic acids is 1. The highest BCUT2D eigenvalue weighted by Gasteiger charge is 2.37. The number of nitrogens with zero attached hydrogens (tertiary/aromatic N) is 4. The van der Waals surface area contributed by atoms with Gasteiger partial charge in [-0.25, -0.2) is 0 Å². The van der Waals surface area contributed by atoms with Crippen molar-refractivity contribution in [2.24, 2.45) is 0 Å². The van der Waals surface area contributed by atoms with Crippen molar-refractivity contribution in [3.63, 3.8) is 0 Å². The molecular weight excluding hydrogens is 346 g/mol. The molecule has 1 unspecified atom stereocenters. The molecule has 2 saturated heterocycles. The van der Waals surface area contributed by atoms with Gasteiger partial charge >= 0.3 is 0 Å². The van der Waals surface area contributed by atoms with Gasteiger partial charge in [0.1, 0.15) is 11.3 Å². The Kier molecular flexibility index (Phi) is 5.20. The zero-order valence-corrected chi connectivity index (χ0v) is 15.3. The molecule has 0 bridgehead atoms. The number of H-pyrrole nitrogens is 1. The molecule has 144 valence electrons. The van der Waals surface area contributed by atoms with E-state index in [1.165, 1.54) is 0 Å².